The lowest BCUT2D eigenvalue weighted by Gasteiger charge is -2.05. The normalized spacial score (nSPS) is 10.6. The number of hydrogen-bond acceptors (Lipinski definition) is 3. The average molecular weight is 351 g/mol. The summed E-state index contributed by atoms with van der Waals surface area (Å²) in [6, 6.07) is 10.6. The molecule has 0 radical (unpaired) electrons. The van der Waals surface area contributed by atoms with Crippen molar-refractivity contribution in [2.75, 3.05) is 5.32 Å². The van der Waals surface area contributed by atoms with Gasteiger partial charge in [0.2, 0.25) is 5.95 Å². The van der Waals surface area contributed by atoms with Crippen LogP contribution in [0.5, 0.6) is 0 Å². The SMILES string of the molecule is O=C(Nc1cccc(F)n1)c1ccn(-c2ccc(Cl)cc2Cl)n1. The highest BCUT2D eigenvalue weighted by atomic mass is 35.5. The van der Waals surface area contributed by atoms with Gasteiger partial charge in [-0.2, -0.15) is 9.49 Å². The fourth-order valence-corrected chi connectivity index (χ4v) is 2.40. The Labute approximate surface area is 140 Å². The molecule has 0 saturated carbocycles. The van der Waals surface area contributed by atoms with Gasteiger partial charge in [0.15, 0.2) is 5.69 Å². The number of benzene rings is 1. The minimum Gasteiger partial charge on any atom is -0.305 e. The van der Waals surface area contributed by atoms with Crippen LogP contribution in [0.15, 0.2) is 48.7 Å². The third kappa shape index (κ3) is 3.49. The first-order valence-corrected chi connectivity index (χ1v) is 7.23. The minimum atomic E-state index is -0.679. The first-order chi connectivity index (χ1) is 11.0. The van der Waals surface area contributed by atoms with Crippen molar-refractivity contribution in [2.45, 2.75) is 0 Å². The van der Waals surface area contributed by atoms with Crippen molar-refractivity contribution in [3.05, 3.63) is 70.3 Å². The number of anilines is 1. The summed E-state index contributed by atoms with van der Waals surface area (Å²) < 4.78 is 14.5. The van der Waals surface area contributed by atoms with E-state index >= 15 is 0 Å². The van der Waals surface area contributed by atoms with Crippen LogP contribution < -0.4 is 5.32 Å². The Morgan fingerprint density at radius 3 is 2.74 bits per heavy atom. The average Bonchev–Trinajstić information content (AvgIpc) is 2.97. The van der Waals surface area contributed by atoms with Crippen LogP contribution in [0.2, 0.25) is 10.0 Å². The molecule has 1 aromatic carbocycles. The number of pyridine rings is 1. The Morgan fingerprint density at radius 1 is 1.17 bits per heavy atom. The number of aromatic nitrogens is 3. The van der Waals surface area contributed by atoms with Crippen LogP contribution in [0.3, 0.4) is 0 Å². The van der Waals surface area contributed by atoms with E-state index < -0.39 is 11.9 Å². The van der Waals surface area contributed by atoms with Crippen LogP contribution in [0.1, 0.15) is 10.5 Å². The second kappa shape index (κ2) is 6.36. The summed E-state index contributed by atoms with van der Waals surface area (Å²) in [6.45, 7) is 0. The first-order valence-electron chi connectivity index (χ1n) is 6.48. The van der Waals surface area contributed by atoms with Crippen molar-refractivity contribution in [3.8, 4) is 5.69 Å². The van der Waals surface area contributed by atoms with Gasteiger partial charge in [-0.25, -0.2) is 9.67 Å². The molecule has 2 aromatic heterocycles. The molecule has 0 saturated heterocycles. The van der Waals surface area contributed by atoms with E-state index in [1.807, 2.05) is 0 Å². The molecule has 8 heteroatoms. The molecule has 0 atom stereocenters. The Kier molecular flexibility index (Phi) is 4.27. The summed E-state index contributed by atoms with van der Waals surface area (Å²) in [6.07, 6.45) is 1.59. The summed E-state index contributed by atoms with van der Waals surface area (Å²) >= 11 is 11.9. The van der Waals surface area contributed by atoms with Gasteiger partial charge in [-0.05, 0) is 36.4 Å². The highest BCUT2D eigenvalue weighted by Crippen LogP contribution is 2.24. The van der Waals surface area contributed by atoms with Gasteiger partial charge in [-0.3, -0.25) is 4.79 Å². The molecule has 0 aliphatic carbocycles. The molecule has 1 N–H and O–H groups in total. The van der Waals surface area contributed by atoms with Gasteiger partial charge in [-0.15, -0.1) is 0 Å². The molecule has 3 rings (SSSR count). The first kappa shape index (κ1) is 15.5. The zero-order chi connectivity index (χ0) is 16.4. The maximum absolute atomic E-state index is 13.0. The van der Waals surface area contributed by atoms with Crippen LogP contribution in [0.4, 0.5) is 10.2 Å². The number of hydrogen-bond donors (Lipinski definition) is 1. The fourth-order valence-electron chi connectivity index (χ4n) is 1.90. The predicted molar refractivity (Wildman–Crippen MR) is 85.7 cm³/mol. The largest absolute Gasteiger partial charge is 0.305 e. The third-order valence-corrected chi connectivity index (χ3v) is 3.47. The molecular formula is C15H9Cl2FN4O. The third-order valence-electron chi connectivity index (χ3n) is 2.93. The number of amides is 1. The van der Waals surface area contributed by atoms with Crippen molar-refractivity contribution in [2.24, 2.45) is 0 Å². The number of halogens is 3. The number of carbonyl (C=O) groups is 1. The van der Waals surface area contributed by atoms with Crippen LogP contribution >= 0.6 is 23.2 Å². The molecule has 5 nitrogen and oxygen atoms in total. The number of rotatable bonds is 3. The maximum atomic E-state index is 13.0. The monoisotopic (exact) mass is 350 g/mol. The van der Waals surface area contributed by atoms with Crippen molar-refractivity contribution in [1.29, 1.82) is 0 Å². The number of carbonyl (C=O) groups excluding carboxylic acids is 1. The summed E-state index contributed by atoms with van der Waals surface area (Å²) in [7, 11) is 0. The van der Waals surface area contributed by atoms with E-state index in [-0.39, 0.29) is 11.5 Å². The molecule has 116 valence electrons. The lowest BCUT2D eigenvalue weighted by molar-refractivity contribution is 0.102. The Bertz CT molecular complexity index is 881. The van der Waals surface area contributed by atoms with Crippen LogP contribution in [0.25, 0.3) is 5.69 Å². The van der Waals surface area contributed by atoms with Gasteiger partial charge in [0.1, 0.15) is 5.82 Å². The highest BCUT2D eigenvalue weighted by Gasteiger charge is 2.13. The standard InChI is InChI=1S/C15H9Cl2FN4O/c16-9-4-5-12(10(17)8-9)22-7-6-11(21-22)15(23)20-14-3-1-2-13(18)19-14/h1-8H,(H,19,20,23). The molecule has 0 unspecified atom stereocenters. The predicted octanol–water partition coefficient (Wildman–Crippen LogP) is 3.97. The minimum absolute atomic E-state index is 0.106. The van der Waals surface area contributed by atoms with E-state index in [2.05, 4.69) is 15.4 Å². The zero-order valence-electron chi connectivity index (χ0n) is 11.5. The van der Waals surface area contributed by atoms with Gasteiger partial charge < -0.3 is 5.32 Å². The molecule has 0 bridgehead atoms. The molecule has 3 aromatic rings. The molecule has 0 spiro atoms. The molecular weight excluding hydrogens is 342 g/mol. The van der Waals surface area contributed by atoms with E-state index in [4.69, 9.17) is 23.2 Å². The number of nitrogens with zero attached hydrogens (tertiary/aromatic N) is 3. The van der Waals surface area contributed by atoms with E-state index in [0.717, 1.165) is 0 Å². The molecule has 1 amide bonds. The van der Waals surface area contributed by atoms with E-state index in [1.54, 1.807) is 24.4 Å². The second-order valence-electron chi connectivity index (χ2n) is 4.54. The van der Waals surface area contributed by atoms with Crippen molar-refractivity contribution < 1.29 is 9.18 Å². The molecule has 0 aliphatic heterocycles. The smallest absolute Gasteiger partial charge is 0.277 e. The molecule has 0 fully saturated rings. The second-order valence-corrected chi connectivity index (χ2v) is 5.38. The molecule has 0 aliphatic rings. The zero-order valence-corrected chi connectivity index (χ0v) is 13.0. The van der Waals surface area contributed by atoms with Crippen LogP contribution in [-0.2, 0) is 0 Å². The van der Waals surface area contributed by atoms with E-state index in [1.165, 1.54) is 28.9 Å². The fraction of sp³-hybridized carbons (Fsp3) is 0. The molecule has 23 heavy (non-hydrogen) atoms. The lowest BCUT2D eigenvalue weighted by atomic mass is 10.3. The quantitative estimate of drug-likeness (QED) is 0.727. The van der Waals surface area contributed by atoms with Gasteiger partial charge in [0, 0.05) is 11.2 Å². The summed E-state index contributed by atoms with van der Waals surface area (Å²) in [5, 5.41) is 7.52. The summed E-state index contributed by atoms with van der Waals surface area (Å²) in [5.41, 5.74) is 0.723. The van der Waals surface area contributed by atoms with Gasteiger partial charge in [0.25, 0.3) is 5.91 Å². The van der Waals surface area contributed by atoms with Crippen molar-refractivity contribution in [3.63, 3.8) is 0 Å². The van der Waals surface area contributed by atoms with Gasteiger partial charge >= 0.3 is 0 Å². The number of nitrogens with one attached hydrogen (secondary N) is 1. The molecule has 2 heterocycles. The topological polar surface area (TPSA) is 59.8 Å². The summed E-state index contributed by atoms with van der Waals surface area (Å²) in [5.74, 6) is -1.08. The summed E-state index contributed by atoms with van der Waals surface area (Å²) in [4.78, 5) is 15.7. The van der Waals surface area contributed by atoms with Crippen LogP contribution in [0, 0.1) is 5.95 Å². The van der Waals surface area contributed by atoms with Crippen molar-refractivity contribution in [1.82, 2.24) is 14.8 Å². The Balaban J connectivity index is 1.82. The Morgan fingerprint density at radius 2 is 2.00 bits per heavy atom. The van der Waals surface area contributed by atoms with Crippen LogP contribution in [-0.4, -0.2) is 20.7 Å². The van der Waals surface area contributed by atoms with Crippen molar-refractivity contribution >= 4 is 34.9 Å². The van der Waals surface area contributed by atoms with E-state index in [9.17, 15) is 9.18 Å². The lowest BCUT2D eigenvalue weighted by Crippen LogP contribution is -2.14. The Hall–Kier alpha value is -2.44. The highest BCUT2D eigenvalue weighted by molar-refractivity contribution is 6.35. The van der Waals surface area contributed by atoms with Gasteiger partial charge in [0.05, 0.1) is 10.7 Å². The maximum Gasteiger partial charge on any atom is 0.277 e. The van der Waals surface area contributed by atoms with E-state index in [0.29, 0.717) is 15.7 Å². The van der Waals surface area contributed by atoms with Gasteiger partial charge in [-0.1, -0.05) is 29.3 Å².